The van der Waals surface area contributed by atoms with E-state index in [1.807, 2.05) is 13.8 Å². The van der Waals surface area contributed by atoms with Crippen molar-refractivity contribution in [2.24, 2.45) is 0 Å². The van der Waals surface area contributed by atoms with Gasteiger partial charge in [-0.25, -0.2) is 0 Å². The van der Waals surface area contributed by atoms with Crippen molar-refractivity contribution in [2.45, 2.75) is 52.4 Å². The van der Waals surface area contributed by atoms with Crippen molar-refractivity contribution < 1.29 is 37.0 Å². The molecule has 2 atom stereocenters. The summed E-state index contributed by atoms with van der Waals surface area (Å²) >= 11 is -3.63. The fourth-order valence-electron chi connectivity index (χ4n) is 0.940. The van der Waals surface area contributed by atoms with Crippen molar-refractivity contribution in [3.05, 3.63) is 0 Å². The minimum atomic E-state index is -1.82. The molecular formula is C10H22O4S2Zn. The fraction of sp³-hybridized carbons (Fsp3) is 1.00. The first-order chi connectivity index (χ1) is 7.54. The molecule has 100 valence electrons. The van der Waals surface area contributed by atoms with Gasteiger partial charge in [0, 0.05) is 11.5 Å². The zero-order chi connectivity index (χ0) is 12.8. The largest absolute Gasteiger partial charge is 2.00 e. The molecule has 4 nitrogen and oxygen atoms in total. The van der Waals surface area contributed by atoms with Gasteiger partial charge in [-0.1, -0.05) is 61.7 Å². The Morgan fingerprint density at radius 2 is 1.06 bits per heavy atom. The topological polar surface area (TPSA) is 80.3 Å². The van der Waals surface area contributed by atoms with Crippen molar-refractivity contribution in [3.63, 3.8) is 0 Å². The summed E-state index contributed by atoms with van der Waals surface area (Å²) in [6, 6.07) is 0. The number of hydrogen-bond donors (Lipinski definition) is 0. The molecule has 0 aliphatic heterocycles. The van der Waals surface area contributed by atoms with E-state index in [2.05, 4.69) is 0 Å². The van der Waals surface area contributed by atoms with Gasteiger partial charge in [0.2, 0.25) is 0 Å². The number of rotatable bonds is 8. The molecular weight excluding hydrogens is 314 g/mol. The molecule has 17 heavy (non-hydrogen) atoms. The minimum absolute atomic E-state index is 0. The maximum Gasteiger partial charge on any atom is 2.00 e. The molecule has 0 N–H and O–H groups in total. The average Bonchev–Trinajstić information content (AvgIpc) is 2.18. The molecule has 0 amide bonds. The Morgan fingerprint density at radius 3 is 1.24 bits per heavy atom. The Hall–Kier alpha value is 0.843. The van der Waals surface area contributed by atoms with Gasteiger partial charge >= 0.3 is 19.5 Å². The Labute approximate surface area is 123 Å². The molecule has 0 aromatic carbocycles. The van der Waals surface area contributed by atoms with Gasteiger partial charge in [0.25, 0.3) is 0 Å². The van der Waals surface area contributed by atoms with E-state index in [4.69, 9.17) is 0 Å². The Morgan fingerprint density at radius 1 is 0.765 bits per heavy atom. The fourth-order valence-corrected chi connectivity index (χ4v) is 1.82. The Bertz CT molecular complexity index is 171. The molecule has 0 aromatic heterocycles. The standard InChI is InChI=1S/2C5H12O2S.Zn/c2*1-2-3-4-5-8(6)7;/h2*2-5H2,1H3,(H,6,7);/q;;+2/p-2. The van der Waals surface area contributed by atoms with Gasteiger partial charge < -0.3 is 9.11 Å². The van der Waals surface area contributed by atoms with E-state index < -0.39 is 22.2 Å². The summed E-state index contributed by atoms with van der Waals surface area (Å²) in [4.78, 5) is 0. The second kappa shape index (κ2) is 19.2. The molecule has 0 heterocycles. The molecule has 0 bridgehead atoms. The first-order valence-corrected chi connectivity index (χ1v) is 8.15. The monoisotopic (exact) mass is 334 g/mol. The zero-order valence-electron chi connectivity index (χ0n) is 10.8. The van der Waals surface area contributed by atoms with Gasteiger partial charge in [-0.2, -0.15) is 0 Å². The molecule has 0 rings (SSSR count). The molecule has 0 aliphatic rings. The summed E-state index contributed by atoms with van der Waals surface area (Å²) in [5.74, 6) is 0.654. The van der Waals surface area contributed by atoms with E-state index in [1.165, 1.54) is 0 Å². The Kier molecular flexibility index (Phi) is 25.9. The normalized spacial score (nSPS) is 12.9. The summed E-state index contributed by atoms with van der Waals surface area (Å²) in [5, 5.41) is 0. The molecule has 0 saturated heterocycles. The van der Waals surface area contributed by atoms with Crippen molar-refractivity contribution in [1.29, 1.82) is 0 Å². The second-order valence-corrected chi connectivity index (χ2v) is 5.46. The number of unbranched alkanes of at least 4 members (excludes halogenated alkanes) is 4. The average molecular weight is 336 g/mol. The van der Waals surface area contributed by atoms with E-state index in [0.29, 0.717) is 11.5 Å². The third-order valence-electron chi connectivity index (χ3n) is 1.83. The molecule has 0 fully saturated rings. The van der Waals surface area contributed by atoms with Crippen LogP contribution in [-0.2, 0) is 41.6 Å². The molecule has 0 aromatic rings. The van der Waals surface area contributed by atoms with E-state index in [0.717, 1.165) is 38.5 Å². The van der Waals surface area contributed by atoms with Gasteiger partial charge in [-0.3, -0.25) is 8.42 Å². The van der Waals surface area contributed by atoms with E-state index >= 15 is 0 Å². The van der Waals surface area contributed by atoms with Crippen molar-refractivity contribution in [1.82, 2.24) is 0 Å². The summed E-state index contributed by atoms with van der Waals surface area (Å²) in [6.45, 7) is 4.10. The van der Waals surface area contributed by atoms with Crippen LogP contribution < -0.4 is 0 Å². The van der Waals surface area contributed by atoms with Crippen molar-refractivity contribution >= 4 is 22.2 Å². The Balaban J connectivity index is -0.000000218. The first kappa shape index (κ1) is 23.0. The van der Waals surface area contributed by atoms with Crippen LogP contribution in [0.5, 0.6) is 0 Å². The zero-order valence-corrected chi connectivity index (χ0v) is 15.4. The van der Waals surface area contributed by atoms with Crippen LogP contribution in [0.1, 0.15) is 52.4 Å². The SMILES string of the molecule is CCCCCS(=O)[O-].CCCCCS(=O)[O-].[Zn+2]. The van der Waals surface area contributed by atoms with Crippen LogP contribution >= 0.6 is 0 Å². The van der Waals surface area contributed by atoms with Crippen LogP contribution in [0.3, 0.4) is 0 Å². The van der Waals surface area contributed by atoms with Gasteiger partial charge in [0.15, 0.2) is 0 Å². The maximum absolute atomic E-state index is 9.87. The number of hydrogen-bond acceptors (Lipinski definition) is 4. The third kappa shape index (κ3) is 31.6. The minimum Gasteiger partial charge on any atom is -0.772 e. The predicted molar refractivity (Wildman–Crippen MR) is 66.6 cm³/mol. The summed E-state index contributed by atoms with van der Waals surface area (Å²) < 4.78 is 39.5. The quantitative estimate of drug-likeness (QED) is 0.386. The summed E-state index contributed by atoms with van der Waals surface area (Å²) in [7, 11) is 0. The van der Waals surface area contributed by atoms with Crippen LogP contribution in [0.4, 0.5) is 0 Å². The molecule has 7 heteroatoms. The van der Waals surface area contributed by atoms with Crippen molar-refractivity contribution in [2.75, 3.05) is 11.5 Å². The predicted octanol–water partition coefficient (Wildman–Crippen LogP) is 2.11. The first-order valence-electron chi connectivity index (χ1n) is 5.66. The molecule has 2 unspecified atom stereocenters. The molecule has 0 spiro atoms. The third-order valence-corrected chi connectivity index (χ3v) is 3.07. The summed E-state index contributed by atoms with van der Waals surface area (Å²) in [6.07, 6.45) is 5.83. The second-order valence-electron chi connectivity index (χ2n) is 3.43. The summed E-state index contributed by atoms with van der Waals surface area (Å²) in [5.41, 5.74) is 0. The molecule has 0 saturated carbocycles. The van der Waals surface area contributed by atoms with E-state index in [1.54, 1.807) is 0 Å². The smallest absolute Gasteiger partial charge is 0.772 e. The van der Waals surface area contributed by atoms with Gasteiger partial charge in [0.1, 0.15) is 0 Å². The van der Waals surface area contributed by atoms with Gasteiger partial charge in [-0.15, -0.1) is 0 Å². The van der Waals surface area contributed by atoms with Crippen LogP contribution in [0.15, 0.2) is 0 Å². The van der Waals surface area contributed by atoms with Crippen LogP contribution in [-0.4, -0.2) is 29.0 Å². The van der Waals surface area contributed by atoms with Gasteiger partial charge in [-0.05, 0) is 12.8 Å². The van der Waals surface area contributed by atoms with Crippen LogP contribution in [0.2, 0.25) is 0 Å². The molecule has 0 aliphatic carbocycles. The molecule has 0 radical (unpaired) electrons. The van der Waals surface area contributed by atoms with Crippen LogP contribution in [0, 0.1) is 0 Å². The van der Waals surface area contributed by atoms with E-state index in [-0.39, 0.29) is 19.5 Å². The van der Waals surface area contributed by atoms with Gasteiger partial charge in [0.05, 0.1) is 0 Å². The van der Waals surface area contributed by atoms with E-state index in [9.17, 15) is 17.5 Å². The van der Waals surface area contributed by atoms with Crippen LogP contribution in [0.25, 0.3) is 0 Å². The van der Waals surface area contributed by atoms with Crippen molar-refractivity contribution in [3.8, 4) is 0 Å². The maximum atomic E-state index is 9.87.